The molecule has 17 heavy (non-hydrogen) atoms. The number of nitrogens with two attached hydrogens (primary N) is 1. The first-order valence-corrected chi connectivity index (χ1v) is 6.47. The van der Waals surface area contributed by atoms with Crippen molar-refractivity contribution in [3.8, 4) is 0 Å². The van der Waals surface area contributed by atoms with Gasteiger partial charge in [-0.25, -0.2) is 0 Å². The zero-order chi connectivity index (χ0) is 13.3. The molecule has 0 saturated heterocycles. The molecule has 0 aliphatic carbocycles. The van der Waals surface area contributed by atoms with Gasteiger partial charge in [-0.05, 0) is 12.2 Å². The predicted octanol–water partition coefficient (Wildman–Crippen LogP) is 0.270. The van der Waals surface area contributed by atoms with E-state index in [1.54, 1.807) is 0 Å². The number of carboxylic acids is 1. The van der Waals surface area contributed by atoms with Crippen molar-refractivity contribution in [1.29, 1.82) is 0 Å². The van der Waals surface area contributed by atoms with Crippen molar-refractivity contribution < 1.29 is 14.7 Å². The molecule has 0 bridgehead atoms. The lowest BCUT2D eigenvalue weighted by molar-refractivity contribution is -0.138. The highest BCUT2D eigenvalue weighted by molar-refractivity contribution is 7.99. The molecule has 0 aliphatic rings. The van der Waals surface area contributed by atoms with Gasteiger partial charge in [-0.2, -0.15) is 16.8 Å². The van der Waals surface area contributed by atoms with Crippen LogP contribution < -0.4 is 5.73 Å². The van der Waals surface area contributed by atoms with Crippen molar-refractivity contribution in [1.82, 2.24) is 5.01 Å². The van der Waals surface area contributed by atoms with E-state index in [0.29, 0.717) is 5.75 Å². The molecule has 0 saturated carbocycles. The molecule has 0 rings (SSSR count). The summed E-state index contributed by atoms with van der Waals surface area (Å²) >= 11 is 6.58. The number of thioether (sulfide) groups is 1. The summed E-state index contributed by atoms with van der Waals surface area (Å²) in [6.07, 6.45) is 0.261. The average Bonchev–Trinajstić information content (AvgIpc) is 2.30. The van der Waals surface area contributed by atoms with Crippen LogP contribution in [0.15, 0.2) is 5.29 Å². The summed E-state index contributed by atoms with van der Waals surface area (Å²) in [6.45, 7) is 0.0685. The van der Waals surface area contributed by atoms with Gasteiger partial charge in [-0.3, -0.25) is 9.59 Å². The van der Waals surface area contributed by atoms with Crippen molar-refractivity contribution in [2.75, 3.05) is 23.9 Å². The number of carboxylic acid groups (broad SMARTS) is 1. The van der Waals surface area contributed by atoms with Crippen LogP contribution in [0, 0.1) is 4.91 Å². The van der Waals surface area contributed by atoms with Gasteiger partial charge in [0.15, 0.2) is 0 Å². The van der Waals surface area contributed by atoms with Gasteiger partial charge >= 0.3 is 5.97 Å². The highest BCUT2D eigenvalue weighted by Crippen LogP contribution is 2.06. The number of hydrogen-bond acceptors (Lipinski definition) is 6. The van der Waals surface area contributed by atoms with Crippen LogP contribution in [-0.2, 0) is 9.59 Å². The highest BCUT2D eigenvalue weighted by Gasteiger charge is 2.14. The highest BCUT2D eigenvalue weighted by atomic mass is 35.5. The quantitative estimate of drug-likeness (QED) is 0.272. The van der Waals surface area contributed by atoms with Gasteiger partial charge in [0.25, 0.3) is 5.91 Å². The zero-order valence-corrected chi connectivity index (χ0v) is 10.6. The van der Waals surface area contributed by atoms with E-state index in [0.717, 1.165) is 5.01 Å². The molecule has 0 unspecified atom stereocenters. The van der Waals surface area contributed by atoms with E-state index in [9.17, 15) is 14.5 Å². The summed E-state index contributed by atoms with van der Waals surface area (Å²) in [5, 5.41) is 11.8. The van der Waals surface area contributed by atoms with Crippen LogP contribution in [0.1, 0.15) is 6.42 Å². The first-order valence-electron chi connectivity index (χ1n) is 4.78. The predicted molar refractivity (Wildman–Crippen MR) is 65.8 cm³/mol. The topological polar surface area (TPSA) is 113 Å². The van der Waals surface area contributed by atoms with Gasteiger partial charge in [0.05, 0.1) is 17.6 Å². The van der Waals surface area contributed by atoms with Crippen molar-refractivity contribution in [2.24, 2.45) is 11.0 Å². The molecule has 1 amide bonds. The molecule has 1 atom stereocenters. The lowest BCUT2D eigenvalue weighted by atomic mass is 10.2. The fourth-order valence-corrected chi connectivity index (χ4v) is 1.91. The maximum absolute atomic E-state index is 11.3. The van der Waals surface area contributed by atoms with Crippen LogP contribution in [0.5, 0.6) is 0 Å². The number of carbonyl (C=O) groups is 2. The number of nitroso groups, excluding NO2 is 1. The van der Waals surface area contributed by atoms with E-state index >= 15 is 0 Å². The van der Waals surface area contributed by atoms with Crippen molar-refractivity contribution in [3.63, 3.8) is 0 Å². The number of rotatable bonds is 9. The van der Waals surface area contributed by atoms with Crippen LogP contribution in [0.3, 0.4) is 0 Å². The molecule has 0 radical (unpaired) electrons. The number of alkyl halides is 1. The van der Waals surface area contributed by atoms with Crippen molar-refractivity contribution in [2.45, 2.75) is 12.5 Å². The molecule has 0 spiro atoms. The molecule has 0 aromatic carbocycles. The molecule has 3 N–H and O–H groups in total. The number of halogens is 1. The van der Waals surface area contributed by atoms with E-state index in [-0.39, 0.29) is 24.6 Å². The molecule has 0 fully saturated rings. The van der Waals surface area contributed by atoms with Crippen LogP contribution in [0.25, 0.3) is 0 Å². The van der Waals surface area contributed by atoms with Gasteiger partial charge in [-0.15, -0.1) is 16.5 Å². The lowest BCUT2D eigenvalue weighted by Crippen LogP contribution is -2.31. The van der Waals surface area contributed by atoms with Crippen LogP contribution in [-0.4, -0.2) is 52.0 Å². The van der Waals surface area contributed by atoms with Crippen LogP contribution in [0.2, 0.25) is 0 Å². The minimum atomic E-state index is -1.07. The minimum absolute atomic E-state index is 0.0506. The Balaban J connectivity index is 3.77. The first kappa shape index (κ1) is 16.1. The smallest absolute Gasteiger partial charge is 0.320 e. The Morgan fingerprint density at radius 1 is 1.53 bits per heavy atom. The van der Waals surface area contributed by atoms with Crippen molar-refractivity contribution in [3.05, 3.63) is 4.91 Å². The number of aliphatic carboxylic acids is 1. The van der Waals surface area contributed by atoms with E-state index in [1.165, 1.54) is 11.8 Å². The fraction of sp³-hybridized carbons (Fsp3) is 0.750. The maximum atomic E-state index is 11.3. The summed E-state index contributed by atoms with van der Waals surface area (Å²) in [4.78, 5) is 32.0. The molecule has 98 valence electrons. The van der Waals surface area contributed by atoms with Crippen LogP contribution in [0.4, 0.5) is 0 Å². The van der Waals surface area contributed by atoms with Crippen molar-refractivity contribution >= 4 is 35.2 Å². The SMILES string of the molecule is N[C@@H](CCSCC(=O)N(CCCl)N=O)C(=O)O. The number of nitrogens with zero attached hydrogens (tertiary/aromatic N) is 2. The average molecular weight is 284 g/mol. The summed E-state index contributed by atoms with van der Waals surface area (Å²) in [5.41, 5.74) is 5.27. The Labute approximate surface area is 108 Å². The van der Waals surface area contributed by atoms with E-state index in [4.69, 9.17) is 22.4 Å². The van der Waals surface area contributed by atoms with E-state index < -0.39 is 17.9 Å². The Bertz CT molecular complexity index is 279. The normalized spacial score (nSPS) is 11.9. The van der Waals surface area contributed by atoms with E-state index in [2.05, 4.69) is 5.29 Å². The maximum Gasteiger partial charge on any atom is 0.320 e. The Kier molecular flexibility index (Phi) is 8.73. The van der Waals surface area contributed by atoms with Gasteiger partial charge in [0.1, 0.15) is 6.04 Å². The number of hydrogen-bond donors (Lipinski definition) is 2. The van der Waals surface area contributed by atoms with Gasteiger partial charge in [0, 0.05) is 5.88 Å². The third-order valence-electron chi connectivity index (χ3n) is 1.80. The second-order valence-electron chi connectivity index (χ2n) is 3.07. The first-order chi connectivity index (χ1) is 8.02. The summed E-state index contributed by atoms with van der Waals surface area (Å²) in [6, 6.07) is -0.930. The number of carbonyl (C=O) groups excluding carboxylic acids is 1. The third kappa shape index (κ3) is 7.14. The Morgan fingerprint density at radius 3 is 2.65 bits per heavy atom. The Morgan fingerprint density at radius 2 is 2.18 bits per heavy atom. The van der Waals surface area contributed by atoms with Gasteiger partial charge < -0.3 is 10.8 Å². The molecule has 7 nitrogen and oxygen atoms in total. The second-order valence-corrected chi connectivity index (χ2v) is 4.56. The number of amides is 1. The monoisotopic (exact) mass is 283 g/mol. The van der Waals surface area contributed by atoms with Crippen LogP contribution >= 0.6 is 23.4 Å². The standard InChI is InChI=1S/C8H14ClN3O4S/c9-2-3-12(11-16)7(13)5-17-4-1-6(10)8(14)15/h6H,1-5,10H2,(H,14,15)/t6-/m0/s1. The summed E-state index contributed by atoms with van der Waals surface area (Å²) in [5.74, 6) is -0.918. The molecule has 0 aromatic heterocycles. The second kappa shape index (κ2) is 9.20. The summed E-state index contributed by atoms with van der Waals surface area (Å²) in [7, 11) is 0. The largest absolute Gasteiger partial charge is 0.480 e. The molecule has 0 aliphatic heterocycles. The lowest BCUT2D eigenvalue weighted by Gasteiger charge is -2.11. The third-order valence-corrected chi connectivity index (χ3v) is 2.94. The minimum Gasteiger partial charge on any atom is -0.480 e. The Hall–Kier alpha value is -0.860. The van der Waals surface area contributed by atoms with Gasteiger partial charge in [-0.1, -0.05) is 0 Å². The fourth-order valence-electron chi connectivity index (χ4n) is 0.859. The van der Waals surface area contributed by atoms with E-state index in [1.807, 2.05) is 0 Å². The van der Waals surface area contributed by atoms with Gasteiger partial charge in [0.2, 0.25) is 0 Å². The zero-order valence-electron chi connectivity index (χ0n) is 9.04. The molecule has 0 heterocycles. The molecule has 9 heteroatoms. The molecular weight excluding hydrogens is 270 g/mol. The summed E-state index contributed by atoms with van der Waals surface area (Å²) < 4.78 is 0. The molecular formula is C8H14ClN3O4S. The molecule has 0 aromatic rings.